The standard InChI is InChI=1S/C22H15B3ClF2N3O4/c23-17(29-19(34)22(27,28)13-2-4-14(26)5-3-13)11-1-6-15-12(9-11)10-30(18(15)33)21(24)8-7-16(32)31(25)20(21)35/h1-6,9,17H,7-8,10H2,(H,29,34)/t17?,21-/m0/s1. The molecule has 2 atom stereocenters. The molecule has 1 fully saturated rings. The molecular weight excluding hydrogens is 476 g/mol. The fraction of sp³-hybridized carbons (Fsp3) is 0.273. The number of carbonyl (C=O) groups is 4. The van der Waals surface area contributed by atoms with Crippen LogP contribution >= 0.6 is 11.6 Å². The molecule has 2 heterocycles. The number of benzene rings is 2. The quantitative estimate of drug-likeness (QED) is 0.507. The fourth-order valence-corrected chi connectivity index (χ4v) is 4.19. The first-order valence-electron chi connectivity index (χ1n) is 10.4. The van der Waals surface area contributed by atoms with E-state index in [1.165, 1.54) is 30.3 Å². The third kappa shape index (κ3) is 4.24. The number of piperidine rings is 1. The molecule has 1 saturated heterocycles. The predicted octanol–water partition coefficient (Wildman–Crippen LogP) is 1.47. The Balaban J connectivity index is 1.52. The minimum Gasteiger partial charge on any atom is -0.352 e. The van der Waals surface area contributed by atoms with Gasteiger partial charge >= 0.3 is 5.92 Å². The molecule has 7 nitrogen and oxygen atoms in total. The largest absolute Gasteiger partial charge is 0.352 e. The molecule has 4 amide bonds. The number of nitrogens with one attached hydrogen (secondary N) is 1. The second kappa shape index (κ2) is 8.82. The molecule has 2 aromatic rings. The summed E-state index contributed by atoms with van der Waals surface area (Å²) in [5.74, 6) is -8.90. The van der Waals surface area contributed by atoms with Crippen molar-refractivity contribution in [2.75, 3.05) is 0 Å². The van der Waals surface area contributed by atoms with Gasteiger partial charge in [-0.1, -0.05) is 35.9 Å². The Bertz CT molecular complexity index is 1250. The number of nitrogens with zero attached hydrogens (tertiary/aromatic N) is 2. The second-order valence-corrected chi connectivity index (χ2v) is 8.77. The first-order chi connectivity index (χ1) is 16.4. The van der Waals surface area contributed by atoms with Gasteiger partial charge in [0.15, 0.2) is 0 Å². The van der Waals surface area contributed by atoms with E-state index in [0.29, 0.717) is 10.4 Å². The average Bonchev–Trinajstić information content (AvgIpc) is 3.17. The van der Waals surface area contributed by atoms with Gasteiger partial charge in [-0.3, -0.25) is 19.2 Å². The predicted molar refractivity (Wildman–Crippen MR) is 124 cm³/mol. The molecule has 0 aromatic heterocycles. The van der Waals surface area contributed by atoms with E-state index in [4.69, 9.17) is 35.3 Å². The molecule has 2 aliphatic heterocycles. The number of amides is 4. The molecule has 172 valence electrons. The molecule has 0 saturated carbocycles. The van der Waals surface area contributed by atoms with Crippen molar-refractivity contribution >= 4 is 58.9 Å². The second-order valence-electron chi connectivity index (χ2n) is 8.33. The van der Waals surface area contributed by atoms with Crippen LogP contribution in [0.15, 0.2) is 42.5 Å². The Morgan fingerprint density at radius 3 is 2.46 bits per heavy atom. The number of hydrogen-bond acceptors (Lipinski definition) is 4. The van der Waals surface area contributed by atoms with Crippen molar-refractivity contribution in [1.82, 2.24) is 15.0 Å². The minimum absolute atomic E-state index is 0.103. The van der Waals surface area contributed by atoms with Gasteiger partial charge in [-0.15, -0.1) is 0 Å². The van der Waals surface area contributed by atoms with Crippen molar-refractivity contribution in [3.8, 4) is 0 Å². The summed E-state index contributed by atoms with van der Waals surface area (Å²) in [5.41, 5.74) is -1.50. The van der Waals surface area contributed by atoms with Crippen molar-refractivity contribution in [3.05, 3.63) is 69.7 Å². The maximum atomic E-state index is 14.6. The summed E-state index contributed by atoms with van der Waals surface area (Å²) in [7, 11) is 17.7. The number of imide groups is 1. The molecule has 0 aliphatic carbocycles. The SMILES string of the molecule is [B]C(NC(=O)C(F)(F)c1ccc(Cl)cc1)c1ccc2c(c1)CN([C@@]1([B])CCC(=O)N([B])C1=O)C2=O. The van der Waals surface area contributed by atoms with Gasteiger partial charge in [0.05, 0.1) is 5.44 Å². The van der Waals surface area contributed by atoms with E-state index in [1.807, 2.05) is 0 Å². The van der Waals surface area contributed by atoms with Crippen LogP contribution in [0.1, 0.15) is 45.8 Å². The third-order valence-corrected chi connectivity index (χ3v) is 6.38. The normalized spacial score (nSPS) is 21.2. The van der Waals surface area contributed by atoms with Crippen molar-refractivity contribution in [2.45, 2.75) is 36.7 Å². The highest BCUT2D eigenvalue weighted by atomic mass is 35.5. The summed E-state index contributed by atoms with van der Waals surface area (Å²) in [4.78, 5) is 51.0. The van der Waals surface area contributed by atoms with E-state index in [0.717, 1.165) is 17.0 Å². The molecule has 2 aliphatic rings. The van der Waals surface area contributed by atoms with Crippen LogP contribution in [0.5, 0.6) is 0 Å². The molecule has 6 radical (unpaired) electrons. The molecule has 4 rings (SSSR count). The first kappa shape index (κ1) is 25.0. The monoisotopic (exact) mass is 491 g/mol. The first-order valence-corrected chi connectivity index (χ1v) is 10.8. The Kier molecular flexibility index (Phi) is 6.29. The molecule has 1 N–H and O–H groups in total. The van der Waals surface area contributed by atoms with Crippen molar-refractivity contribution < 1.29 is 28.0 Å². The summed E-state index contributed by atoms with van der Waals surface area (Å²) in [6.45, 7) is -0.103. The Morgan fingerprint density at radius 1 is 1.14 bits per heavy atom. The van der Waals surface area contributed by atoms with Gasteiger partial charge in [-0.2, -0.15) is 8.78 Å². The van der Waals surface area contributed by atoms with Gasteiger partial charge in [-0.05, 0) is 35.7 Å². The van der Waals surface area contributed by atoms with E-state index < -0.39 is 46.5 Å². The Labute approximate surface area is 208 Å². The van der Waals surface area contributed by atoms with E-state index >= 15 is 0 Å². The summed E-state index contributed by atoms with van der Waals surface area (Å²) < 4.78 is 29.2. The van der Waals surface area contributed by atoms with E-state index in [2.05, 4.69) is 5.32 Å². The van der Waals surface area contributed by atoms with Crippen LogP contribution < -0.4 is 5.32 Å². The zero-order chi connectivity index (χ0) is 25.7. The van der Waals surface area contributed by atoms with E-state index in [9.17, 15) is 28.0 Å². The Morgan fingerprint density at radius 2 is 1.80 bits per heavy atom. The molecule has 13 heteroatoms. The van der Waals surface area contributed by atoms with Gasteiger partial charge in [0.2, 0.25) is 19.8 Å². The molecule has 0 spiro atoms. The van der Waals surface area contributed by atoms with Gasteiger partial charge in [0, 0.05) is 35.1 Å². The van der Waals surface area contributed by atoms with Crippen molar-refractivity contribution in [2.24, 2.45) is 0 Å². The topological polar surface area (TPSA) is 86.8 Å². The summed E-state index contributed by atoms with van der Waals surface area (Å²) in [6.07, 6.45) is -0.233. The third-order valence-electron chi connectivity index (χ3n) is 6.13. The summed E-state index contributed by atoms with van der Waals surface area (Å²) in [5, 5.41) is 2.31. The molecule has 35 heavy (non-hydrogen) atoms. The van der Waals surface area contributed by atoms with Crippen LogP contribution in [-0.2, 0) is 26.9 Å². The van der Waals surface area contributed by atoms with Crippen LogP contribution in [0.3, 0.4) is 0 Å². The zero-order valence-corrected chi connectivity index (χ0v) is 18.9. The number of fused-ring (bicyclic) bond motifs is 1. The van der Waals surface area contributed by atoms with Gasteiger partial charge in [0.25, 0.3) is 11.8 Å². The lowest BCUT2D eigenvalue weighted by Gasteiger charge is -2.43. The summed E-state index contributed by atoms with van der Waals surface area (Å²) in [6, 6.07) is 8.81. The Hall–Kier alpha value is -3.14. The molecule has 1 unspecified atom stereocenters. The smallest absolute Gasteiger partial charge is 0.349 e. The maximum Gasteiger partial charge on any atom is 0.349 e. The van der Waals surface area contributed by atoms with Crippen LogP contribution in [-0.4, -0.2) is 62.5 Å². The fourth-order valence-electron chi connectivity index (χ4n) is 4.06. The van der Waals surface area contributed by atoms with Gasteiger partial charge < -0.3 is 15.0 Å². The lowest BCUT2D eigenvalue weighted by Crippen LogP contribution is -2.64. The van der Waals surface area contributed by atoms with Crippen molar-refractivity contribution in [1.29, 1.82) is 0 Å². The lowest BCUT2D eigenvalue weighted by molar-refractivity contribution is -0.148. The number of halogens is 3. The van der Waals surface area contributed by atoms with Gasteiger partial charge in [0.1, 0.15) is 15.7 Å². The van der Waals surface area contributed by atoms with Crippen LogP contribution in [0, 0.1) is 0 Å². The van der Waals surface area contributed by atoms with Gasteiger partial charge in [-0.25, -0.2) is 0 Å². The average molecular weight is 491 g/mol. The number of carbonyl (C=O) groups excluding carboxylic acids is 4. The van der Waals surface area contributed by atoms with E-state index in [-0.39, 0.29) is 35.5 Å². The molecule has 2 aromatic carbocycles. The molecule has 0 bridgehead atoms. The van der Waals surface area contributed by atoms with Crippen LogP contribution in [0.2, 0.25) is 5.02 Å². The highest BCUT2D eigenvalue weighted by Crippen LogP contribution is 2.35. The van der Waals surface area contributed by atoms with Crippen molar-refractivity contribution in [3.63, 3.8) is 0 Å². The highest BCUT2D eigenvalue weighted by Gasteiger charge is 2.49. The number of hydrogen-bond donors (Lipinski definition) is 1. The lowest BCUT2D eigenvalue weighted by atomic mass is 9.68. The van der Waals surface area contributed by atoms with Crippen LogP contribution in [0.25, 0.3) is 0 Å². The number of alkyl halides is 2. The summed E-state index contributed by atoms with van der Waals surface area (Å²) >= 11 is 5.71. The van der Waals surface area contributed by atoms with Crippen LogP contribution in [0.4, 0.5) is 8.78 Å². The maximum absolute atomic E-state index is 14.6. The highest BCUT2D eigenvalue weighted by molar-refractivity contribution is 6.38. The van der Waals surface area contributed by atoms with E-state index in [1.54, 1.807) is 0 Å². The minimum atomic E-state index is -3.87. The zero-order valence-electron chi connectivity index (χ0n) is 18.1. The number of rotatable bonds is 5. The molecular formula is C22H15B3ClF2N3O4.